The van der Waals surface area contributed by atoms with E-state index in [-0.39, 0.29) is 13.2 Å². The second-order valence-corrected chi connectivity index (χ2v) is 3.27. The summed E-state index contributed by atoms with van der Waals surface area (Å²) in [5.74, 6) is 0.707. The Morgan fingerprint density at radius 2 is 1.75 bits per heavy atom. The van der Waals surface area contributed by atoms with Crippen LogP contribution >= 0.6 is 0 Å². The highest BCUT2D eigenvalue weighted by Crippen LogP contribution is 2.19. The molecule has 0 saturated carbocycles. The van der Waals surface area contributed by atoms with E-state index in [4.69, 9.17) is 9.47 Å². The van der Waals surface area contributed by atoms with Crippen molar-refractivity contribution < 1.29 is 22.6 Å². The van der Waals surface area contributed by atoms with Gasteiger partial charge in [0.2, 0.25) is 0 Å². The van der Waals surface area contributed by atoms with E-state index in [2.05, 4.69) is 0 Å². The van der Waals surface area contributed by atoms with Crippen LogP contribution in [0.1, 0.15) is 12.0 Å². The SMILES string of the molecule is COc1ccc(COCCC(F)(F)F)cc1. The third-order valence-electron chi connectivity index (χ3n) is 1.96. The molecule has 0 fully saturated rings. The summed E-state index contributed by atoms with van der Waals surface area (Å²) >= 11 is 0. The zero-order valence-corrected chi connectivity index (χ0v) is 8.88. The molecule has 0 amide bonds. The predicted molar refractivity (Wildman–Crippen MR) is 53.3 cm³/mol. The molecule has 1 aromatic rings. The predicted octanol–water partition coefficient (Wildman–Crippen LogP) is 3.16. The van der Waals surface area contributed by atoms with Gasteiger partial charge in [0.1, 0.15) is 5.75 Å². The number of hydrogen-bond donors (Lipinski definition) is 0. The second kappa shape index (κ2) is 5.75. The Kier molecular flexibility index (Phi) is 4.61. The topological polar surface area (TPSA) is 18.5 Å². The van der Waals surface area contributed by atoms with E-state index in [9.17, 15) is 13.2 Å². The van der Waals surface area contributed by atoms with Gasteiger partial charge in [-0.05, 0) is 17.7 Å². The summed E-state index contributed by atoms with van der Waals surface area (Å²) in [4.78, 5) is 0. The Balaban J connectivity index is 2.27. The summed E-state index contributed by atoms with van der Waals surface area (Å²) in [6.45, 7) is -0.129. The van der Waals surface area contributed by atoms with Crippen molar-refractivity contribution in [1.82, 2.24) is 0 Å². The third-order valence-corrected chi connectivity index (χ3v) is 1.96. The minimum Gasteiger partial charge on any atom is -0.497 e. The maximum Gasteiger partial charge on any atom is 0.391 e. The minimum absolute atomic E-state index is 0.181. The summed E-state index contributed by atoms with van der Waals surface area (Å²) in [6.07, 6.45) is -5.07. The molecular weight excluding hydrogens is 221 g/mol. The second-order valence-electron chi connectivity index (χ2n) is 3.27. The van der Waals surface area contributed by atoms with Crippen molar-refractivity contribution >= 4 is 0 Å². The van der Waals surface area contributed by atoms with Crippen LogP contribution in [0.2, 0.25) is 0 Å². The Morgan fingerprint density at radius 1 is 1.12 bits per heavy atom. The van der Waals surface area contributed by atoms with E-state index in [1.165, 1.54) is 0 Å². The molecule has 0 radical (unpaired) electrons. The first-order chi connectivity index (χ1) is 7.51. The van der Waals surface area contributed by atoms with Gasteiger partial charge in [-0.15, -0.1) is 0 Å². The molecule has 1 aromatic carbocycles. The fourth-order valence-corrected chi connectivity index (χ4v) is 1.10. The third kappa shape index (κ3) is 5.02. The van der Waals surface area contributed by atoms with E-state index < -0.39 is 12.6 Å². The first-order valence-corrected chi connectivity index (χ1v) is 4.79. The van der Waals surface area contributed by atoms with Crippen LogP contribution in [0.4, 0.5) is 13.2 Å². The summed E-state index contributed by atoms with van der Waals surface area (Å²) in [7, 11) is 1.55. The van der Waals surface area contributed by atoms with Crippen molar-refractivity contribution in [1.29, 1.82) is 0 Å². The van der Waals surface area contributed by atoms with Crippen molar-refractivity contribution in [2.24, 2.45) is 0 Å². The first kappa shape index (κ1) is 12.8. The highest BCUT2D eigenvalue weighted by atomic mass is 19.4. The average Bonchev–Trinajstić information content (AvgIpc) is 2.24. The van der Waals surface area contributed by atoms with Crippen molar-refractivity contribution in [3.8, 4) is 5.75 Å². The van der Waals surface area contributed by atoms with Crippen LogP contribution in [0.25, 0.3) is 0 Å². The molecule has 16 heavy (non-hydrogen) atoms. The van der Waals surface area contributed by atoms with Gasteiger partial charge < -0.3 is 9.47 Å². The fourth-order valence-electron chi connectivity index (χ4n) is 1.10. The Hall–Kier alpha value is -1.23. The van der Waals surface area contributed by atoms with Gasteiger partial charge in [0.25, 0.3) is 0 Å². The van der Waals surface area contributed by atoms with Crippen LogP contribution in [0, 0.1) is 0 Å². The molecule has 0 N–H and O–H groups in total. The van der Waals surface area contributed by atoms with Crippen molar-refractivity contribution in [2.45, 2.75) is 19.2 Å². The molecule has 0 aliphatic carbocycles. The van der Waals surface area contributed by atoms with Crippen LogP contribution in [0.15, 0.2) is 24.3 Å². The molecule has 90 valence electrons. The molecule has 0 aliphatic rings. The standard InChI is InChI=1S/C11H13F3O2/c1-15-10-4-2-9(3-5-10)8-16-7-6-11(12,13)14/h2-5H,6-8H2,1H3. The summed E-state index contributed by atoms with van der Waals surface area (Å²) in [5.41, 5.74) is 0.822. The fraction of sp³-hybridized carbons (Fsp3) is 0.455. The lowest BCUT2D eigenvalue weighted by Crippen LogP contribution is -2.11. The number of methoxy groups -OCH3 is 1. The number of benzene rings is 1. The van der Waals surface area contributed by atoms with Gasteiger partial charge in [-0.2, -0.15) is 13.2 Å². The molecule has 0 aliphatic heterocycles. The smallest absolute Gasteiger partial charge is 0.391 e. The van der Waals surface area contributed by atoms with E-state index in [1.54, 1.807) is 31.4 Å². The minimum atomic E-state index is -4.15. The van der Waals surface area contributed by atoms with Gasteiger partial charge >= 0.3 is 6.18 Å². The van der Waals surface area contributed by atoms with E-state index in [1.807, 2.05) is 0 Å². The summed E-state index contributed by atoms with van der Waals surface area (Å²) in [5, 5.41) is 0. The zero-order chi connectivity index (χ0) is 12.0. The molecule has 0 spiro atoms. The molecule has 2 nitrogen and oxygen atoms in total. The zero-order valence-electron chi connectivity index (χ0n) is 8.88. The Bertz CT molecular complexity index is 306. The first-order valence-electron chi connectivity index (χ1n) is 4.79. The van der Waals surface area contributed by atoms with E-state index >= 15 is 0 Å². The maximum absolute atomic E-state index is 11.8. The summed E-state index contributed by atoms with van der Waals surface area (Å²) < 4.78 is 45.2. The van der Waals surface area contributed by atoms with Crippen molar-refractivity contribution in [2.75, 3.05) is 13.7 Å². The molecule has 5 heteroatoms. The normalized spacial score (nSPS) is 11.5. The Morgan fingerprint density at radius 3 is 2.25 bits per heavy atom. The van der Waals surface area contributed by atoms with Crippen LogP contribution < -0.4 is 4.74 Å². The van der Waals surface area contributed by atoms with Gasteiger partial charge in [-0.3, -0.25) is 0 Å². The van der Waals surface area contributed by atoms with Crippen LogP contribution in [0.5, 0.6) is 5.75 Å². The lowest BCUT2D eigenvalue weighted by molar-refractivity contribution is -0.146. The lowest BCUT2D eigenvalue weighted by atomic mass is 10.2. The number of halogens is 3. The highest BCUT2D eigenvalue weighted by molar-refractivity contribution is 5.26. The quantitative estimate of drug-likeness (QED) is 0.728. The van der Waals surface area contributed by atoms with Crippen molar-refractivity contribution in [3.05, 3.63) is 29.8 Å². The monoisotopic (exact) mass is 234 g/mol. The molecule has 0 aromatic heterocycles. The molecule has 0 unspecified atom stereocenters. The number of rotatable bonds is 5. The van der Waals surface area contributed by atoms with Crippen LogP contribution in [-0.4, -0.2) is 19.9 Å². The summed E-state index contributed by atoms with van der Waals surface area (Å²) in [6, 6.07) is 6.99. The van der Waals surface area contributed by atoms with Crippen molar-refractivity contribution in [3.63, 3.8) is 0 Å². The number of hydrogen-bond acceptors (Lipinski definition) is 2. The van der Waals surface area contributed by atoms with Gasteiger partial charge in [-0.25, -0.2) is 0 Å². The lowest BCUT2D eigenvalue weighted by Gasteiger charge is -2.07. The molecule has 1 rings (SSSR count). The maximum atomic E-state index is 11.8. The number of ether oxygens (including phenoxy) is 2. The molecule has 0 saturated heterocycles. The van der Waals surface area contributed by atoms with Gasteiger partial charge in [-0.1, -0.05) is 12.1 Å². The molecule has 0 atom stereocenters. The van der Waals surface area contributed by atoms with E-state index in [0.29, 0.717) is 5.75 Å². The molecule has 0 heterocycles. The number of alkyl halides is 3. The Labute approximate surface area is 92.0 Å². The molecular formula is C11H13F3O2. The van der Waals surface area contributed by atoms with Gasteiger partial charge in [0.15, 0.2) is 0 Å². The molecule has 0 bridgehead atoms. The van der Waals surface area contributed by atoms with E-state index in [0.717, 1.165) is 5.56 Å². The average molecular weight is 234 g/mol. The van der Waals surface area contributed by atoms with Crippen LogP contribution in [-0.2, 0) is 11.3 Å². The van der Waals surface area contributed by atoms with Gasteiger partial charge in [0, 0.05) is 0 Å². The largest absolute Gasteiger partial charge is 0.497 e. The van der Waals surface area contributed by atoms with Gasteiger partial charge in [0.05, 0.1) is 26.7 Å². The highest BCUT2D eigenvalue weighted by Gasteiger charge is 2.26. The van der Waals surface area contributed by atoms with Crippen LogP contribution in [0.3, 0.4) is 0 Å².